The number of amides is 2. The lowest BCUT2D eigenvalue weighted by atomic mass is 10.1. The summed E-state index contributed by atoms with van der Waals surface area (Å²) in [5.74, 6) is -0.764. The van der Waals surface area contributed by atoms with Crippen LogP contribution in [0.1, 0.15) is 82.4 Å². The topological polar surface area (TPSA) is 146 Å². The Bertz CT molecular complexity index is 1930. The van der Waals surface area contributed by atoms with Gasteiger partial charge in [-0.2, -0.15) is 0 Å². The van der Waals surface area contributed by atoms with Crippen LogP contribution in [0.3, 0.4) is 0 Å². The van der Waals surface area contributed by atoms with E-state index in [1.807, 2.05) is 6.92 Å². The molecule has 4 aromatic rings. The third kappa shape index (κ3) is 7.97. The van der Waals surface area contributed by atoms with Crippen LogP contribution < -0.4 is 10.2 Å². The maximum atomic E-state index is 17.1. The zero-order valence-electron chi connectivity index (χ0n) is 29.3. The first kappa shape index (κ1) is 36.4. The van der Waals surface area contributed by atoms with Gasteiger partial charge in [0.1, 0.15) is 22.8 Å². The van der Waals surface area contributed by atoms with E-state index >= 15 is 4.39 Å². The Morgan fingerprint density at radius 3 is 2.17 bits per heavy atom. The summed E-state index contributed by atoms with van der Waals surface area (Å²) in [7, 11) is -4.53. The second kappa shape index (κ2) is 13.2. The van der Waals surface area contributed by atoms with Gasteiger partial charge in [0.2, 0.25) is 0 Å². The Hall–Kier alpha value is -4.46. The van der Waals surface area contributed by atoms with E-state index in [0.717, 1.165) is 14.4 Å². The monoisotopic (exact) mass is 685 g/mol. The molecular formula is C34H44FN5O7S. The number of benzene rings is 1. The van der Waals surface area contributed by atoms with Crippen molar-refractivity contribution >= 4 is 39.1 Å². The highest BCUT2D eigenvalue weighted by Crippen LogP contribution is 2.37. The first-order chi connectivity index (χ1) is 22.1. The average molecular weight is 686 g/mol. The summed E-state index contributed by atoms with van der Waals surface area (Å²) in [5.41, 5.74) is -0.524. The molecule has 260 valence electrons. The van der Waals surface area contributed by atoms with Crippen LogP contribution in [0.2, 0.25) is 0 Å². The van der Waals surface area contributed by atoms with E-state index in [1.54, 1.807) is 86.6 Å². The number of alkyl carbamates (subject to hydrolysis) is 1. The van der Waals surface area contributed by atoms with E-state index in [2.05, 4.69) is 15.3 Å². The number of rotatable bonds is 8. The average Bonchev–Trinajstić information content (AvgIpc) is 3.50. The van der Waals surface area contributed by atoms with E-state index in [-0.39, 0.29) is 46.2 Å². The molecule has 0 saturated heterocycles. The summed E-state index contributed by atoms with van der Waals surface area (Å²) >= 11 is 0. The third-order valence-electron chi connectivity index (χ3n) is 7.02. The molecule has 0 radical (unpaired) electrons. The number of hydrogen-bond acceptors (Lipinski definition) is 9. The molecule has 0 fully saturated rings. The summed E-state index contributed by atoms with van der Waals surface area (Å²) in [5, 5.41) is 2.34. The largest absolute Gasteiger partial charge is 0.467 e. The molecule has 0 aliphatic heterocycles. The van der Waals surface area contributed by atoms with Gasteiger partial charge in [-0.1, -0.05) is 17.7 Å². The molecule has 0 saturated carbocycles. The van der Waals surface area contributed by atoms with Crippen molar-refractivity contribution in [3.05, 3.63) is 70.3 Å². The smallest absolute Gasteiger partial charge is 0.416 e. The number of halogens is 1. The molecule has 0 spiro atoms. The number of ether oxygens (including phenoxy) is 2. The number of carbonyl (C=O) groups excluding carboxylic acids is 2. The number of hydrogen-bond donors (Lipinski definition) is 1. The van der Waals surface area contributed by atoms with E-state index in [4.69, 9.17) is 13.9 Å². The highest BCUT2D eigenvalue weighted by atomic mass is 32.2. The molecule has 3 aromatic heterocycles. The summed E-state index contributed by atoms with van der Waals surface area (Å²) in [6.07, 6.45) is -0.471. The van der Waals surface area contributed by atoms with Crippen molar-refractivity contribution in [1.29, 1.82) is 0 Å². The van der Waals surface area contributed by atoms with E-state index in [1.165, 1.54) is 13.2 Å². The van der Waals surface area contributed by atoms with E-state index < -0.39 is 45.3 Å². The first-order valence-electron chi connectivity index (χ1n) is 15.5. The third-order valence-corrected chi connectivity index (χ3v) is 9.06. The Kier molecular flexibility index (Phi) is 10.0. The standard InChI is InChI=1S/C34H44FN5O7S/c1-19-15-20(2)28(21(3)16-19)48(43,44)40-25(17-22(4)36-31(41)46-33(6,7)8)27(35)26-29(37-23(5)38-30(26)40)39(18-24-13-12-14-45-24)32(42)47-34(9,10)11/h12-16,22H,17-18H2,1-11H3,(H,36,41)/t22-/m0/s1. The van der Waals surface area contributed by atoms with Gasteiger partial charge in [0.15, 0.2) is 17.3 Å². The number of aromatic nitrogens is 3. The summed E-state index contributed by atoms with van der Waals surface area (Å²) < 4.78 is 63.9. The lowest BCUT2D eigenvalue weighted by molar-refractivity contribution is 0.0506. The summed E-state index contributed by atoms with van der Waals surface area (Å²) in [4.78, 5) is 36.3. The molecule has 2 amide bonds. The maximum Gasteiger partial charge on any atom is 0.416 e. The molecule has 4 rings (SSSR count). The zero-order chi connectivity index (χ0) is 35.9. The molecular weight excluding hydrogens is 641 g/mol. The fourth-order valence-corrected chi connectivity index (χ4v) is 7.41. The fourth-order valence-electron chi connectivity index (χ4n) is 5.49. The number of aryl methyl sites for hydroxylation is 4. The molecule has 0 unspecified atom stereocenters. The van der Waals surface area contributed by atoms with Crippen molar-refractivity contribution in [2.24, 2.45) is 0 Å². The van der Waals surface area contributed by atoms with Crippen LogP contribution in [0.5, 0.6) is 0 Å². The number of fused-ring (bicyclic) bond motifs is 1. The lowest BCUT2D eigenvalue weighted by Gasteiger charge is -2.26. The highest BCUT2D eigenvalue weighted by molar-refractivity contribution is 7.90. The van der Waals surface area contributed by atoms with Gasteiger partial charge >= 0.3 is 12.2 Å². The number of furan rings is 1. The molecule has 1 atom stereocenters. The number of anilines is 1. The Morgan fingerprint density at radius 1 is 1.02 bits per heavy atom. The second-order valence-corrected chi connectivity index (χ2v) is 15.7. The SMILES string of the molecule is Cc1cc(C)c(S(=O)(=O)n2c(C[C@H](C)NC(=O)OC(C)(C)C)c(F)c3c(N(Cc4ccco4)C(=O)OC(C)(C)C)nc(C)nc32)c(C)c1. The van der Waals surface area contributed by atoms with Crippen LogP contribution in [0.4, 0.5) is 19.8 Å². The number of carbonyl (C=O) groups is 2. The number of nitrogens with one attached hydrogen (secondary N) is 1. The molecule has 1 N–H and O–H groups in total. The van der Waals surface area contributed by atoms with Crippen molar-refractivity contribution < 1.29 is 36.3 Å². The zero-order valence-corrected chi connectivity index (χ0v) is 30.1. The molecule has 1 aromatic carbocycles. The molecule has 0 aliphatic rings. The van der Waals surface area contributed by atoms with Gasteiger partial charge in [-0.3, -0.25) is 4.90 Å². The van der Waals surface area contributed by atoms with Gasteiger partial charge < -0.3 is 19.2 Å². The Morgan fingerprint density at radius 2 is 1.62 bits per heavy atom. The predicted molar refractivity (Wildman–Crippen MR) is 179 cm³/mol. The van der Waals surface area contributed by atoms with Crippen molar-refractivity contribution in [3.8, 4) is 0 Å². The van der Waals surface area contributed by atoms with Crippen LogP contribution in [-0.2, 0) is 32.5 Å². The van der Waals surface area contributed by atoms with Gasteiger partial charge in [0.25, 0.3) is 10.0 Å². The first-order valence-corrected chi connectivity index (χ1v) is 17.0. The molecule has 14 heteroatoms. The van der Waals surface area contributed by atoms with Gasteiger partial charge in [-0.05, 0) is 99.4 Å². The van der Waals surface area contributed by atoms with Crippen LogP contribution in [0, 0.1) is 33.5 Å². The van der Waals surface area contributed by atoms with Crippen LogP contribution in [-0.4, -0.2) is 51.8 Å². The Balaban J connectivity index is 2.03. The second-order valence-electron chi connectivity index (χ2n) is 13.9. The van der Waals surface area contributed by atoms with Crippen LogP contribution in [0.15, 0.2) is 39.8 Å². The quantitative estimate of drug-likeness (QED) is 0.207. The van der Waals surface area contributed by atoms with Gasteiger partial charge in [-0.15, -0.1) is 0 Å². The minimum absolute atomic E-state index is 0.0172. The molecule has 12 nitrogen and oxygen atoms in total. The maximum absolute atomic E-state index is 17.1. The Labute approximate surface area is 280 Å². The van der Waals surface area contributed by atoms with Crippen LogP contribution >= 0.6 is 0 Å². The van der Waals surface area contributed by atoms with Gasteiger partial charge in [0, 0.05) is 12.5 Å². The fraction of sp³-hybridized carbons (Fsp3) is 0.471. The predicted octanol–water partition coefficient (Wildman–Crippen LogP) is 7.03. The van der Waals surface area contributed by atoms with Gasteiger partial charge in [0.05, 0.1) is 28.8 Å². The van der Waals surface area contributed by atoms with E-state index in [9.17, 15) is 18.0 Å². The van der Waals surface area contributed by atoms with Crippen LogP contribution in [0.25, 0.3) is 11.0 Å². The van der Waals surface area contributed by atoms with Crippen molar-refractivity contribution in [2.75, 3.05) is 4.90 Å². The molecule has 3 heterocycles. The van der Waals surface area contributed by atoms with Crippen molar-refractivity contribution in [1.82, 2.24) is 19.3 Å². The minimum atomic E-state index is -4.53. The van der Waals surface area contributed by atoms with Gasteiger partial charge in [-0.25, -0.2) is 36.3 Å². The summed E-state index contributed by atoms with van der Waals surface area (Å²) in [6.45, 7) is 18.3. The van der Waals surface area contributed by atoms with E-state index in [0.29, 0.717) is 16.9 Å². The molecule has 48 heavy (non-hydrogen) atoms. The van der Waals surface area contributed by atoms with Crippen molar-refractivity contribution in [3.63, 3.8) is 0 Å². The highest BCUT2D eigenvalue weighted by Gasteiger charge is 2.36. The minimum Gasteiger partial charge on any atom is -0.467 e. The normalized spacial score (nSPS) is 13.0. The van der Waals surface area contributed by atoms with Crippen molar-refractivity contribution in [2.45, 2.75) is 111 Å². The molecule has 0 bridgehead atoms. The molecule has 0 aliphatic carbocycles. The lowest BCUT2D eigenvalue weighted by Crippen LogP contribution is -2.39. The number of nitrogens with zero attached hydrogens (tertiary/aromatic N) is 4. The summed E-state index contributed by atoms with van der Waals surface area (Å²) in [6, 6.07) is 5.93.